The second-order valence-corrected chi connectivity index (χ2v) is 6.80. The Balaban J connectivity index is 1.83. The van der Waals surface area contributed by atoms with E-state index >= 15 is 0 Å². The highest BCUT2D eigenvalue weighted by Gasteiger charge is 2.29. The number of aliphatic imine (C=N–C) groups is 1. The maximum absolute atomic E-state index is 4.79. The quantitative estimate of drug-likeness (QED) is 0.838. The van der Waals surface area contributed by atoms with Crippen LogP contribution in [0.5, 0.6) is 0 Å². The fourth-order valence-corrected chi connectivity index (χ4v) is 3.41. The summed E-state index contributed by atoms with van der Waals surface area (Å²) < 4.78 is 0. The van der Waals surface area contributed by atoms with Crippen LogP contribution in [0.1, 0.15) is 33.1 Å². The molecule has 0 spiro atoms. The van der Waals surface area contributed by atoms with Gasteiger partial charge in [0.05, 0.1) is 0 Å². The molecule has 98 valence electrons. The molecule has 2 saturated heterocycles. The van der Waals surface area contributed by atoms with Crippen molar-refractivity contribution >= 4 is 16.9 Å². The van der Waals surface area contributed by atoms with Gasteiger partial charge < -0.3 is 10.2 Å². The second kappa shape index (κ2) is 5.61. The van der Waals surface area contributed by atoms with Gasteiger partial charge in [-0.25, -0.2) is 0 Å². The highest BCUT2D eigenvalue weighted by Crippen LogP contribution is 2.31. The highest BCUT2D eigenvalue weighted by atomic mass is 32.2. The molecule has 4 heteroatoms. The molecule has 0 aromatic carbocycles. The molecule has 1 unspecified atom stereocenters. The van der Waals surface area contributed by atoms with Crippen molar-refractivity contribution in [3.8, 4) is 0 Å². The third kappa shape index (κ3) is 3.62. The van der Waals surface area contributed by atoms with E-state index in [4.69, 9.17) is 4.99 Å². The van der Waals surface area contributed by atoms with E-state index in [1.165, 1.54) is 43.3 Å². The van der Waals surface area contributed by atoms with Crippen molar-refractivity contribution in [1.29, 1.82) is 0 Å². The molecule has 3 nitrogen and oxygen atoms in total. The molecular weight excluding hydrogens is 230 g/mol. The van der Waals surface area contributed by atoms with Crippen molar-refractivity contribution < 1.29 is 0 Å². The van der Waals surface area contributed by atoms with Crippen LogP contribution in [0.2, 0.25) is 0 Å². The van der Waals surface area contributed by atoms with Gasteiger partial charge in [0.1, 0.15) is 0 Å². The molecule has 2 fully saturated rings. The zero-order valence-electron chi connectivity index (χ0n) is 11.3. The monoisotopic (exact) mass is 255 g/mol. The number of piperidine rings is 1. The van der Waals surface area contributed by atoms with Crippen molar-refractivity contribution in [3.63, 3.8) is 0 Å². The Labute approximate surface area is 109 Å². The van der Waals surface area contributed by atoms with E-state index in [0.717, 1.165) is 6.54 Å². The van der Waals surface area contributed by atoms with E-state index in [-0.39, 0.29) is 0 Å². The lowest BCUT2D eigenvalue weighted by molar-refractivity contribution is 0.147. The predicted octanol–water partition coefficient (Wildman–Crippen LogP) is 2.19. The van der Waals surface area contributed by atoms with Crippen LogP contribution in [0, 0.1) is 5.41 Å². The molecule has 0 aliphatic carbocycles. The van der Waals surface area contributed by atoms with Gasteiger partial charge >= 0.3 is 0 Å². The molecule has 17 heavy (non-hydrogen) atoms. The first-order valence-corrected chi connectivity index (χ1v) is 7.72. The molecule has 2 rings (SSSR count). The van der Waals surface area contributed by atoms with Gasteiger partial charge in [-0.15, -0.1) is 0 Å². The minimum absolute atomic E-state index is 0.423. The molecule has 0 bridgehead atoms. The summed E-state index contributed by atoms with van der Waals surface area (Å²) in [5.41, 5.74) is 0.423. The van der Waals surface area contributed by atoms with Crippen LogP contribution in [-0.2, 0) is 0 Å². The fourth-order valence-electron chi connectivity index (χ4n) is 2.33. The Morgan fingerprint density at radius 1 is 1.47 bits per heavy atom. The minimum Gasteiger partial charge on any atom is -0.361 e. The fraction of sp³-hybridized carbons (Fsp3) is 0.923. The average molecular weight is 255 g/mol. The summed E-state index contributed by atoms with van der Waals surface area (Å²) >= 11 is 1.89. The Bertz CT molecular complexity index is 282. The van der Waals surface area contributed by atoms with Gasteiger partial charge in [0.15, 0.2) is 5.17 Å². The molecule has 2 aliphatic heterocycles. The first-order valence-electron chi connectivity index (χ1n) is 6.74. The smallest absolute Gasteiger partial charge is 0.156 e. The highest BCUT2D eigenvalue weighted by molar-refractivity contribution is 8.14. The van der Waals surface area contributed by atoms with Crippen LogP contribution in [0.3, 0.4) is 0 Å². The summed E-state index contributed by atoms with van der Waals surface area (Å²) in [7, 11) is 2.21. The topological polar surface area (TPSA) is 27.6 Å². The number of nitrogens with one attached hydrogen (secondary N) is 1. The Morgan fingerprint density at radius 2 is 2.18 bits per heavy atom. The molecular formula is C13H25N3S. The Kier molecular flexibility index (Phi) is 4.36. The molecule has 0 aromatic rings. The molecule has 0 aromatic heterocycles. The summed E-state index contributed by atoms with van der Waals surface area (Å²) in [5.74, 6) is 1.19. The molecule has 0 saturated carbocycles. The molecule has 0 amide bonds. The lowest BCUT2D eigenvalue weighted by Gasteiger charge is -2.36. The normalized spacial score (nSPS) is 31.7. The number of likely N-dealkylation sites (tertiary alicyclic amines) is 1. The maximum Gasteiger partial charge on any atom is 0.156 e. The standard InChI is InChI=1S/C13H25N3S/c1-4-11-9-17-12(15-11)14-10-13(2)5-7-16(3)8-6-13/h11H,4-10H2,1-3H3,(H,14,15). The number of hydrogen-bond acceptors (Lipinski definition) is 3. The number of thioether (sulfide) groups is 1. The van der Waals surface area contributed by atoms with Crippen LogP contribution in [0.15, 0.2) is 4.99 Å². The van der Waals surface area contributed by atoms with Crippen molar-refractivity contribution in [2.75, 3.05) is 32.4 Å². The predicted molar refractivity (Wildman–Crippen MR) is 76.8 cm³/mol. The van der Waals surface area contributed by atoms with E-state index in [1.54, 1.807) is 0 Å². The van der Waals surface area contributed by atoms with Gasteiger partial charge in [-0.05, 0) is 44.8 Å². The van der Waals surface area contributed by atoms with Crippen LogP contribution in [0.25, 0.3) is 0 Å². The summed E-state index contributed by atoms with van der Waals surface area (Å²) in [6.07, 6.45) is 3.76. The van der Waals surface area contributed by atoms with Gasteiger partial charge in [0, 0.05) is 18.3 Å². The first-order chi connectivity index (χ1) is 8.11. The van der Waals surface area contributed by atoms with Gasteiger partial charge in [0.2, 0.25) is 0 Å². The largest absolute Gasteiger partial charge is 0.361 e. The van der Waals surface area contributed by atoms with Crippen molar-refractivity contribution in [1.82, 2.24) is 10.2 Å². The lowest BCUT2D eigenvalue weighted by Crippen LogP contribution is -2.38. The van der Waals surface area contributed by atoms with Crippen LogP contribution < -0.4 is 5.32 Å². The number of hydrogen-bond donors (Lipinski definition) is 1. The molecule has 1 N–H and O–H groups in total. The lowest BCUT2D eigenvalue weighted by atomic mass is 9.81. The van der Waals surface area contributed by atoms with E-state index in [9.17, 15) is 0 Å². The van der Waals surface area contributed by atoms with Crippen LogP contribution in [-0.4, -0.2) is 48.5 Å². The van der Waals surface area contributed by atoms with Crippen LogP contribution in [0.4, 0.5) is 0 Å². The third-order valence-electron chi connectivity index (χ3n) is 4.04. The zero-order valence-corrected chi connectivity index (χ0v) is 12.1. The van der Waals surface area contributed by atoms with Gasteiger partial charge in [-0.3, -0.25) is 4.99 Å². The maximum atomic E-state index is 4.79. The van der Waals surface area contributed by atoms with Gasteiger partial charge in [-0.2, -0.15) is 0 Å². The molecule has 1 atom stereocenters. The summed E-state index contributed by atoms with van der Waals surface area (Å²) in [6.45, 7) is 8.06. The third-order valence-corrected chi connectivity index (χ3v) is 5.13. The van der Waals surface area contributed by atoms with Gasteiger partial charge in [0.25, 0.3) is 0 Å². The van der Waals surface area contributed by atoms with E-state index in [1.807, 2.05) is 11.8 Å². The van der Waals surface area contributed by atoms with Gasteiger partial charge in [-0.1, -0.05) is 25.6 Å². The van der Waals surface area contributed by atoms with E-state index in [0.29, 0.717) is 11.5 Å². The zero-order chi connectivity index (χ0) is 12.3. The van der Waals surface area contributed by atoms with Crippen molar-refractivity contribution in [3.05, 3.63) is 0 Å². The van der Waals surface area contributed by atoms with Crippen molar-refractivity contribution in [2.24, 2.45) is 10.4 Å². The summed E-state index contributed by atoms with van der Waals surface area (Å²) in [5, 5.41) is 4.69. The molecule has 0 radical (unpaired) electrons. The molecule has 2 heterocycles. The number of rotatable bonds is 3. The van der Waals surface area contributed by atoms with E-state index in [2.05, 4.69) is 31.1 Å². The summed E-state index contributed by atoms with van der Waals surface area (Å²) in [6, 6.07) is 0.643. The Hall–Kier alpha value is -0.220. The first kappa shape index (κ1) is 13.2. The molecule has 2 aliphatic rings. The Morgan fingerprint density at radius 3 is 2.76 bits per heavy atom. The summed E-state index contributed by atoms with van der Waals surface area (Å²) in [4.78, 5) is 7.21. The average Bonchev–Trinajstić information content (AvgIpc) is 2.79. The number of amidine groups is 1. The van der Waals surface area contributed by atoms with Crippen molar-refractivity contribution in [2.45, 2.75) is 39.2 Å². The minimum atomic E-state index is 0.423. The second-order valence-electron chi connectivity index (χ2n) is 5.80. The van der Waals surface area contributed by atoms with E-state index < -0.39 is 0 Å². The van der Waals surface area contributed by atoms with Crippen LogP contribution >= 0.6 is 11.8 Å². The number of nitrogens with zero attached hydrogens (tertiary/aromatic N) is 2. The SMILES string of the molecule is CCC1CSC(=NCC2(C)CCN(C)CC2)N1.